The Labute approximate surface area is 103 Å². The molecular formula is C13H19ClN2. The zero-order valence-electron chi connectivity index (χ0n) is 9.96. The number of nitrogens with zero attached hydrogens (tertiary/aromatic N) is 1. The molecule has 0 fully saturated rings. The second kappa shape index (κ2) is 6.69. The summed E-state index contributed by atoms with van der Waals surface area (Å²) in [5.74, 6) is 0. The predicted octanol–water partition coefficient (Wildman–Crippen LogP) is 3.16. The number of halogens is 1. The number of hydrazine groups is 1. The summed E-state index contributed by atoms with van der Waals surface area (Å²) in [5.41, 5.74) is 5.64. The van der Waals surface area contributed by atoms with E-state index in [9.17, 15) is 0 Å². The van der Waals surface area contributed by atoms with E-state index in [-0.39, 0.29) is 0 Å². The summed E-state index contributed by atoms with van der Waals surface area (Å²) in [7, 11) is 0. The number of aryl methyl sites for hydroxylation is 1. The summed E-state index contributed by atoms with van der Waals surface area (Å²) in [6.45, 7) is 10.4. The molecule has 0 aliphatic carbocycles. The third-order valence-corrected chi connectivity index (χ3v) is 2.88. The number of benzene rings is 1. The summed E-state index contributed by atoms with van der Waals surface area (Å²) in [6, 6.07) is 6.14. The molecule has 1 rings (SSSR count). The Bertz CT molecular complexity index is 350. The van der Waals surface area contributed by atoms with Gasteiger partial charge in [-0.1, -0.05) is 36.7 Å². The van der Waals surface area contributed by atoms with Gasteiger partial charge in [-0.25, -0.2) is 5.01 Å². The maximum Gasteiger partial charge on any atom is 0.0438 e. The summed E-state index contributed by atoms with van der Waals surface area (Å²) >= 11 is 6.07. The number of hydrogen-bond acceptors (Lipinski definition) is 2. The van der Waals surface area contributed by atoms with Crippen LogP contribution in [0.4, 0.5) is 0 Å². The van der Waals surface area contributed by atoms with Gasteiger partial charge in [0, 0.05) is 24.7 Å². The molecule has 0 unspecified atom stereocenters. The van der Waals surface area contributed by atoms with Crippen LogP contribution in [0, 0.1) is 6.92 Å². The standard InChI is InChI=1S/C13H19ClN2/c1-4-8-16(5-2)15-10-12-7-6-11(3)13(14)9-12/h4,6-7,9,15H,1,5,8,10H2,2-3H3. The molecule has 1 aromatic rings. The highest BCUT2D eigenvalue weighted by Crippen LogP contribution is 2.16. The minimum Gasteiger partial charge on any atom is -0.250 e. The van der Waals surface area contributed by atoms with Crippen LogP contribution in [-0.4, -0.2) is 18.1 Å². The van der Waals surface area contributed by atoms with Gasteiger partial charge < -0.3 is 0 Å². The van der Waals surface area contributed by atoms with Crippen LogP contribution >= 0.6 is 11.6 Å². The lowest BCUT2D eigenvalue weighted by molar-refractivity contribution is 0.217. The smallest absolute Gasteiger partial charge is 0.0438 e. The SMILES string of the molecule is C=CCN(CC)NCc1ccc(C)c(Cl)c1. The molecule has 16 heavy (non-hydrogen) atoms. The topological polar surface area (TPSA) is 15.3 Å². The zero-order chi connectivity index (χ0) is 12.0. The van der Waals surface area contributed by atoms with Crippen molar-refractivity contribution in [3.8, 4) is 0 Å². The molecule has 0 bridgehead atoms. The van der Waals surface area contributed by atoms with Gasteiger partial charge in [-0.2, -0.15) is 0 Å². The molecule has 0 saturated carbocycles. The predicted molar refractivity (Wildman–Crippen MR) is 70.5 cm³/mol. The van der Waals surface area contributed by atoms with Crippen LogP contribution in [0.2, 0.25) is 5.02 Å². The fraction of sp³-hybridized carbons (Fsp3) is 0.385. The van der Waals surface area contributed by atoms with E-state index in [1.54, 1.807) is 0 Å². The molecule has 0 aliphatic heterocycles. The zero-order valence-corrected chi connectivity index (χ0v) is 10.7. The molecule has 0 aliphatic rings. The Morgan fingerprint density at radius 2 is 2.25 bits per heavy atom. The first-order valence-electron chi connectivity index (χ1n) is 5.51. The normalized spacial score (nSPS) is 10.8. The Balaban J connectivity index is 2.53. The van der Waals surface area contributed by atoms with Gasteiger partial charge in [-0.15, -0.1) is 6.58 Å². The van der Waals surface area contributed by atoms with Crippen LogP contribution in [-0.2, 0) is 6.54 Å². The molecule has 3 heteroatoms. The van der Waals surface area contributed by atoms with E-state index in [0.717, 1.165) is 30.2 Å². The first-order chi connectivity index (χ1) is 7.67. The van der Waals surface area contributed by atoms with Gasteiger partial charge in [0.05, 0.1) is 0 Å². The molecule has 1 aromatic carbocycles. The number of rotatable bonds is 6. The van der Waals surface area contributed by atoms with Gasteiger partial charge in [-0.05, 0) is 24.1 Å². The van der Waals surface area contributed by atoms with Crippen molar-refractivity contribution >= 4 is 11.6 Å². The minimum absolute atomic E-state index is 0.793. The number of likely N-dealkylation sites (N-methyl/N-ethyl adjacent to an activating group) is 1. The van der Waals surface area contributed by atoms with E-state index >= 15 is 0 Å². The Morgan fingerprint density at radius 3 is 2.81 bits per heavy atom. The first kappa shape index (κ1) is 13.2. The fourth-order valence-corrected chi connectivity index (χ4v) is 1.61. The molecule has 88 valence electrons. The second-order valence-corrected chi connectivity index (χ2v) is 4.15. The highest BCUT2D eigenvalue weighted by molar-refractivity contribution is 6.31. The van der Waals surface area contributed by atoms with Crippen molar-refractivity contribution in [3.05, 3.63) is 47.0 Å². The third kappa shape index (κ3) is 3.97. The van der Waals surface area contributed by atoms with E-state index in [4.69, 9.17) is 11.6 Å². The number of hydrogen-bond donors (Lipinski definition) is 1. The maximum absolute atomic E-state index is 6.07. The van der Waals surface area contributed by atoms with Crippen LogP contribution in [0.25, 0.3) is 0 Å². The van der Waals surface area contributed by atoms with Crippen molar-refractivity contribution in [3.63, 3.8) is 0 Å². The van der Waals surface area contributed by atoms with Crippen molar-refractivity contribution < 1.29 is 0 Å². The van der Waals surface area contributed by atoms with Gasteiger partial charge in [0.25, 0.3) is 0 Å². The highest BCUT2D eigenvalue weighted by atomic mass is 35.5. The van der Waals surface area contributed by atoms with E-state index in [1.807, 2.05) is 25.1 Å². The Morgan fingerprint density at radius 1 is 1.50 bits per heavy atom. The van der Waals surface area contributed by atoms with Gasteiger partial charge in [0.1, 0.15) is 0 Å². The molecule has 0 saturated heterocycles. The molecule has 0 heterocycles. The Hall–Kier alpha value is -0.830. The lowest BCUT2D eigenvalue weighted by Gasteiger charge is -2.19. The maximum atomic E-state index is 6.07. The summed E-state index contributed by atoms with van der Waals surface area (Å²) < 4.78 is 0. The molecule has 0 aromatic heterocycles. The lowest BCUT2D eigenvalue weighted by Crippen LogP contribution is -2.37. The van der Waals surface area contributed by atoms with Crippen molar-refractivity contribution in [1.82, 2.24) is 10.4 Å². The molecule has 0 atom stereocenters. The van der Waals surface area contributed by atoms with E-state index in [2.05, 4.69) is 30.0 Å². The minimum atomic E-state index is 0.793. The van der Waals surface area contributed by atoms with E-state index < -0.39 is 0 Å². The van der Waals surface area contributed by atoms with Crippen molar-refractivity contribution in [2.45, 2.75) is 20.4 Å². The fourth-order valence-electron chi connectivity index (χ4n) is 1.41. The van der Waals surface area contributed by atoms with Gasteiger partial charge in [0.2, 0.25) is 0 Å². The van der Waals surface area contributed by atoms with Crippen LogP contribution in [0.5, 0.6) is 0 Å². The van der Waals surface area contributed by atoms with Crippen molar-refractivity contribution in [2.75, 3.05) is 13.1 Å². The third-order valence-electron chi connectivity index (χ3n) is 2.47. The molecule has 0 amide bonds. The summed E-state index contributed by atoms with van der Waals surface area (Å²) in [5, 5.41) is 2.94. The van der Waals surface area contributed by atoms with Crippen LogP contribution in [0.15, 0.2) is 30.9 Å². The van der Waals surface area contributed by atoms with Gasteiger partial charge >= 0.3 is 0 Å². The quantitative estimate of drug-likeness (QED) is 0.605. The van der Waals surface area contributed by atoms with E-state index in [0.29, 0.717) is 0 Å². The van der Waals surface area contributed by atoms with Crippen LogP contribution < -0.4 is 5.43 Å². The average molecular weight is 239 g/mol. The molecule has 2 nitrogen and oxygen atoms in total. The van der Waals surface area contributed by atoms with Crippen molar-refractivity contribution in [1.29, 1.82) is 0 Å². The second-order valence-electron chi connectivity index (χ2n) is 3.75. The van der Waals surface area contributed by atoms with Crippen molar-refractivity contribution in [2.24, 2.45) is 0 Å². The van der Waals surface area contributed by atoms with E-state index in [1.165, 1.54) is 5.56 Å². The summed E-state index contributed by atoms with van der Waals surface area (Å²) in [4.78, 5) is 0. The molecule has 0 spiro atoms. The molecular weight excluding hydrogens is 220 g/mol. The van der Waals surface area contributed by atoms with Crippen LogP contribution in [0.1, 0.15) is 18.1 Å². The van der Waals surface area contributed by atoms with Gasteiger partial charge in [-0.3, -0.25) is 5.43 Å². The average Bonchev–Trinajstić information content (AvgIpc) is 2.28. The molecule has 1 N–H and O–H groups in total. The monoisotopic (exact) mass is 238 g/mol. The van der Waals surface area contributed by atoms with Gasteiger partial charge in [0.15, 0.2) is 0 Å². The highest BCUT2D eigenvalue weighted by Gasteiger charge is 2.01. The first-order valence-corrected chi connectivity index (χ1v) is 5.89. The lowest BCUT2D eigenvalue weighted by atomic mass is 10.1. The van der Waals surface area contributed by atoms with Crippen LogP contribution in [0.3, 0.4) is 0 Å². The Kier molecular flexibility index (Phi) is 5.53. The molecule has 0 radical (unpaired) electrons. The largest absolute Gasteiger partial charge is 0.250 e. The summed E-state index contributed by atoms with van der Waals surface area (Å²) in [6.07, 6.45) is 1.89. The number of nitrogens with one attached hydrogen (secondary N) is 1.